The first kappa shape index (κ1) is 22.3. The summed E-state index contributed by atoms with van der Waals surface area (Å²) >= 11 is 0. The summed E-state index contributed by atoms with van der Waals surface area (Å²) in [4.78, 5) is 40.3. The Balaban J connectivity index is 1.19. The van der Waals surface area contributed by atoms with Crippen molar-refractivity contribution < 1.29 is 4.79 Å². The van der Waals surface area contributed by atoms with Crippen LogP contribution in [0.2, 0.25) is 0 Å². The number of fused-ring (bicyclic) bond motifs is 4. The molecule has 1 aliphatic heterocycles. The highest BCUT2D eigenvalue weighted by Crippen LogP contribution is 2.27. The average Bonchev–Trinajstić information content (AvgIpc) is 3.39. The van der Waals surface area contributed by atoms with Crippen molar-refractivity contribution in [1.29, 1.82) is 0 Å². The van der Waals surface area contributed by atoms with E-state index in [2.05, 4.69) is 49.4 Å². The number of nitrogens with one attached hydrogen (secondary N) is 3. The van der Waals surface area contributed by atoms with E-state index in [1.807, 2.05) is 31.2 Å². The summed E-state index contributed by atoms with van der Waals surface area (Å²) < 4.78 is 0. The van der Waals surface area contributed by atoms with Gasteiger partial charge in [0.05, 0.1) is 33.3 Å². The molecule has 0 unspecified atom stereocenters. The minimum Gasteiger partial charge on any atom is -0.367 e. The van der Waals surface area contributed by atoms with E-state index in [0.717, 1.165) is 71.4 Å². The molecule has 0 saturated carbocycles. The third-order valence-electron chi connectivity index (χ3n) is 7.18. The highest BCUT2D eigenvalue weighted by molar-refractivity contribution is 6.03. The lowest BCUT2D eigenvalue weighted by molar-refractivity contribution is 0.0963. The molecule has 1 amide bonds. The fourth-order valence-corrected chi connectivity index (χ4v) is 5.25. The molecule has 8 heteroatoms. The minimum absolute atomic E-state index is 0.0636. The molecule has 0 radical (unpaired) electrons. The van der Waals surface area contributed by atoms with Crippen molar-refractivity contribution in [2.24, 2.45) is 0 Å². The number of hydrogen-bond acceptors (Lipinski definition) is 5. The monoisotopic (exact) mass is 480 g/mol. The average molecular weight is 481 g/mol. The summed E-state index contributed by atoms with van der Waals surface area (Å²) in [6, 6.07) is 15.9. The molecule has 1 fully saturated rings. The number of piperazine rings is 1. The van der Waals surface area contributed by atoms with Gasteiger partial charge in [-0.3, -0.25) is 19.5 Å². The van der Waals surface area contributed by atoms with E-state index >= 15 is 0 Å². The van der Waals surface area contributed by atoms with Gasteiger partial charge in [0.25, 0.3) is 11.5 Å². The van der Waals surface area contributed by atoms with Crippen molar-refractivity contribution in [3.8, 4) is 0 Å². The molecule has 3 aromatic heterocycles. The third kappa shape index (κ3) is 3.89. The molecular weight excluding hydrogens is 452 g/mol. The van der Waals surface area contributed by atoms with Crippen LogP contribution in [0.25, 0.3) is 32.7 Å². The maximum absolute atomic E-state index is 12.4. The van der Waals surface area contributed by atoms with Crippen LogP contribution in [0, 0.1) is 6.92 Å². The lowest BCUT2D eigenvalue weighted by atomic mass is 10.1. The fraction of sp³-hybridized carbons (Fsp3) is 0.250. The van der Waals surface area contributed by atoms with E-state index in [-0.39, 0.29) is 11.5 Å². The van der Waals surface area contributed by atoms with Crippen molar-refractivity contribution in [3.63, 3.8) is 0 Å². The fourth-order valence-electron chi connectivity index (χ4n) is 5.25. The van der Waals surface area contributed by atoms with Gasteiger partial charge in [-0.15, -0.1) is 0 Å². The molecule has 3 N–H and O–H groups in total. The SMILES string of the molecule is CNC(=O)c1ccc2nc(C)c(N3CCN(Cc4ccc5c(c4)[nH]c(=O)c4cc[nH]c45)CC3)cc2c1. The number of H-pyrrole nitrogens is 2. The zero-order valence-corrected chi connectivity index (χ0v) is 20.4. The second-order valence-corrected chi connectivity index (χ2v) is 9.44. The Hall–Kier alpha value is -4.17. The standard InChI is InChI=1S/C28H28N6O2/c1-17-25(15-20-14-19(27(35)29-2)4-6-23(20)31-17)34-11-9-33(10-12-34)16-18-3-5-21-24(13-18)32-28(36)22-7-8-30-26(21)22/h3-8,13-15,30H,9-12,16H2,1-2H3,(H,29,35)(H,32,36). The minimum atomic E-state index is -0.0947. The van der Waals surface area contributed by atoms with E-state index in [1.54, 1.807) is 13.2 Å². The Bertz CT molecular complexity index is 1680. The van der Waals surface area contributed by atoms with Gasteiger partial charge >= 0.3 is 0 Å². The summed E-state index contributed by atoms with van der Waals surface area (Å²) in [5.74, 6) is -0.0947. The summed E-state index contributed by atoms with van der Waals surface area (Å²) in [7, 11) is 1.64. The smallest absolute Gasteiger partial charge is 0.257 e. The molecule has 1 aliphatic rings. The number of rotatable bonds is 4. The molecule has 4 heterocycles. The van der Waals surface area contributed by atoms with E-state index in [1.165, 1.54) is 5.56 Å². The van der Waals surface area contributed by atoms with Gasteiger partial charge in [0.2, 0.25) is 0 Å². The Kier molecular flexibility index (Phi) is 5.45. The first-order valence-corrected chi connectivity index (χ1v) is 12.2. The summed E-state index contributed by atoms with van der Waals surface area (Å²) in [6.45, 7) is 6.54. The van der Waals surface area contributed by atoms with Crippen LogP contribution in [0.4, 0.5) is 5.69 Å². The number of nitrogens with zero attached hydrogens (tertiary/aromatic N) is 3. The van der Waals surface area contributed by atoms with Crippen molar-refractivity contribution in [2.75, 3.05) is 38.1 Å². The predicted molar refractivity (Wildman–Crippen MR) is 144 cm³/mol. The van der Waals surface area contributed by atoms with Gasteiger partial charge in [0.1, 0.15) is 0 Å². The van der Waals surface area contributed by atoms with Crippen molar-refractivity contribution in [2.45, 2.75) is 13.5 Å². The van der Waals surface area contributed by atoms with Gasteiger partial charge in [-0.25, -0.2) is 0 Å². The quantitative estimate of drug-likeness (QED) is 0.366. The normalized spacial score (nSPS) is 14.7. The molecule has 0 atom stereocenters. The van der Waals surface area contributed by atoms with Gasteiger partial charge in [0, 0.05) is 62.3 Å². The molecule has 0 aliphatic carbocycles. The lowest BCUT2D eigenvalue weighted by Gasteiger charge is -2.36. The molecule has 0 spiro atoms. The summed E-state index contributed by atoms with van der Waals surface area (Å²) in [5.41, 5.74) is 6.52. The zero-order chi connectivity index (χ0) is 24.8. The number of hydrogen-bond donors (Lipinski definition) is 3. The first-order valence-electron chi connectivity index (χ1n) is 12.2. The van der Waals surface area contributed by atoms with Crippen LogP contribution in [-0.4, -0.2) is 59.0 Å². The van der Waals surface area contributed by atoms with Gasteiger partial charge in [-0.1, -0.05) is 12.1 Å². The Labute approximate surface area is 207 Å². The van der Waals surface area contributed by atoms with E-state index in [4.69, 9.17) is 4.98 Å². The summed E-state index contributed by atoms with van der Waals surface area (Å²) in [5, 5.41) is 5.38. The largest absolute Gasteiger partial charge is 0.367 e. The van der Waals surface area contributed by atoms with Crippen LogP contribution >= 0.6 is 0 Å². The van der Waals surface area contributed by atoms with Gasteiger partial charge < -0.3 is 20.2 Å². The van der Waals surface area contributed by atoms with E-state index in [0.29, 0.717) is 10.9 Å². The third-order valence-corrected chi connectivity index (χ3v) is 7.18. The zero-order valence-electron chi connectivity index (χ0n) is 20.4. The van der Waals surface area contributed by atoms with Crippen LogP contribution < -0.4 is 15.8 Å². The molecule has 0 bridgehead atoms. The van der Waals surface area contributed by atoms with Crippen LogP contribution in [-0.2, 0) is 6.54 Å². The maximum Gasteiger partial charge on any atom is 0.257 e. The van der Waals surface area contributed by atoms with Gasteiger partial charge in [-0.05, 0) is 48.9 Å². The first-order chi connectivity index (χ1) is 17.5. The molecular formula is C28H28N6O2. The number of pyridine rings is 2. The lowest BCUT2D eigenvalue weighted by Crippen LogP contribution is -2.46. The van der Waals surface area contributed by atoms with Crippen LogP contribution in [0.1, 0.15) is 21.6 Å². The molecule has 6 rings (SSSR count). The Morgan fingerprint density at radius 3 is 2.67 bits per heavy atom. The number of aromatic nitrogens is 3. The molecule has 1 saturated heterocycles. The molecule has 36 heavy (non-hydrogen) atoms. The van der Waals surface area contributed by atoms with Crippen molar-refractivity contribution >= 4 is 44.3 Å². The number of carbonyl (C=O) groups is 1. The van der Waals surface area contributed by atoms with Crippen LogP contribution in [0.15, 0.2) is 59.5 Å². The topological polar surface area (TPSA) is 97.1 Å². The van der Waals surface area contributed by atoms with E-state index in [9.17, 15) is 9.59 Å². The maximum atomic E-state index is 12.4. The Morgan fingerprint density at radius 1 is 1.03 bits per heavy atom. The van der Waals surface area contributed by atoms with E-state index < -0.39 is 0 Å². The van der Waals surface area contributed by atoms with Crippen molar-refractivity contribution in [3.05, 3.63) is 81.9 Å². The predicted octanol–water partition coefficient (Wildman–Crippen LogP) is 3.55. The van der Waals surface area contributed by atoms with Gasteiger partial charge in [-0.2, -0.15) is 0 Å². The van der Waals surface area contributed by atoms with Gasteiger partial charge in [0.15, 0.2) is 0 Å². The molecule has 182 valence electrons. The number of anilines is 1. The highest BCUT2D eigenvalue weighted by Gasteiger charge is 2.20. The summed E-state index contributed by atoms with van der Waals surface area (Å²) in [6.07, 6.45) is 1.81. The van der Waals surface area contributed by atoms with Crippen LogP contribution in [0.5, 0.6) is 0 Å². The number of carbonyl (C=O) groups excluding carboxylic acids is 1. The number of benzene rings is 2. The Morgan fingerprint density at radius 2 is 1.86 bits per heavy atom. The highest BCUT2D eigenvalue weighted by atomic mass is 16.1. The van der Waals surface area contributed by atoms with Crippen LogP contribution in [0.3, 0.4) is 0 Å². The number of aromatic amines is 2. The number of amides is 1. The van der Waals surface area contributed by atoms with Crippen molar-refractivity contribution in [1.82, 2.24) is 25.2 Å². The second kappa shape index (κ2) is 8.80. The molecule has 2 aromatic carbocycles. The number of aryl methyl sites for hydroxylation is 1. The molecule has 8 nitrogen and oxygen atoms in total. The molecule has 5 aromatic rings. The second-order valence-electron chi connectivity index (χ2n) is 9.44.